The number of nitro benzene ring substituents is 1. The van der Waals surface area contributed by atoms with Crippen LogP contribution in [-0.2, 0) is 21.2 Å². The van der Waals surface area contributed by atoms with Crippen molar-refractivity contribution < 1.29 is 31.3 Å². The molecule has 0 fully saturated rings. The Bertz CT molecular complexity index is 976. The zero-order valence-electron chi connectivity index (χ0n) is 14.1. The van der Waals surface area contributed by atoms with Gasteiger partial charge >= 0.3 is 6.18 Å². The summed E-state index contributed by atoms with van der Waals surface area (Å²) in [7, 11) is -4.25. The number of sulfonamides is 1. The Morgan fingerprint density at radius 3 is 2.25 bits per heavy atom. The molecule has 8 nitrogen and oxygen atoms in total. The van der Waals surface area contributed by atoms with Crippen LogP contribution in [0.25, 0.3) is 0 Å². The molecule has 12 heteroatoms. The highest BCUT2D eigenvalue weighted by Crippen LogP contribution is 2.25. The van der Waals surface area contributed by atoms with Crippen molar-refractivity contribution >= 4 is 27.3 Å². The van der Waals surface area contributed by atoms with Crippen molar-refractivity contribution in [2.24, 2.45) is 0 Å². The molecule has 0 atom stereocenters. The lowest BCUT2D eigenvalue weighted by Gasteiger charge is -2.10. The molecule has 150 valence electrons. The minimum absolute atomic E-state index is 0.0672. The molecule has 0 bridgehead atoms. The van der Waals surface area contributed by atoms with Crippen LogP contribution >= 0.6 is 0 Å². The number of alkyl halides is 3. The number of amides is 1. The average Bonchev–Trinajstić information content (AvgIpc) is 2.61. The van der Waals surface area contributed by atoms with Crippen molar-refractivity contribution in [1.82, 2.24) is 5.32 Å². The number of nitro groups is 1. The lowest BCUT2D eigenvalue weighted by molar-refractivity contribution is -0.387. The predicted molar refractivity (Wildman–Crippen MR) is 93.1 cm³/mol. The fourth-order valence-corrected chi connectivity index (χ4v) is 3.41. The van der Waals surface area contributed by atoms with Gasteiger partial charge in [0.05, 0.1) is 11.3 Å². The highest BCUT2D eigenvalue weighted by Gasteiger charge is 2.28. The number of halogens is 3. The number of para-hydroxylation sites is 1. The highest BCUT2D eigenvalue weighted by atomic mass is 32.2. The van der Waals surface area contributed by atoms with Crippen molar-refractivity contribution in [2.45, 2.75) is 17.5 Å². The van der Waals surface area contributed by atoms with Gasteiger partial charge in [-0.15, -0.1) is 0 Å². The van der Waals surface area contributed by atoms with Crippen molar-refractivity contribution in [2.75, 3.05) is 11.3 Å². The molecule has 2 N–H and O–H groups in total. The van der Waals surface area contributed by atoms with E-state index in [1.165, 1.54) is 36.4 Å². The van der Waals surface area contributed by atoms with Gasteiger partial charge in [-0.3, -0.25) is 19.6 Å². The first-order chi connectivity index (χ1) is 13.0. The normalized spacial score (nSPS) is 11.7. The predicted octanol–water partition coefficient (Wildman–Crippen LogP) is 2.62. The van der Waals surface area contributed by atoms with Crippen LogP contribution in [0.1, 0.15) is 5.56 Å². The number of anilines is 1. The Morgan fingerprint density at radius 2 is 1.68 bits per heavy atom. The topological polar surface area (TPSA) is 118 Å². The van der Waals surface area contributed by atoms with Gasteiger partial charge < -0.3 is 5.32 Å². The molecule has 2 rings (SSSR count). The summed E-state index contributed by atoms with van der Waals surface area (Å²) < 4.78 is 63.1. The second-order valence-corrected chi connectivity index (χ2v) is 7.25. The van der Waals surface area contributed by atoms with E-state index in [1.807, 2.05) is 0 Å². The first-order valence-electron chi connectivity index (χ1n) is 7.66. The molecule has 2 aromatic rings. The number of rotatable bonds is 7. The Hall–Kier alpha value is -3.15. The molecule has 0 saturated heterocycles. The van der Waals surface area contributed by atoms with Gasteiger partial charge in [0.15, 0.2) is 4.90 Å². The van der Waals surface area contributed by atoms with Crippen LogP contribution in [-0.4, -0.2) is 32.0 Å². The Balaban J connectivity index is 2.08. The molecule has 0 spiro atoms. The van der Waals surface area contributed by atoms with E-state index in [-0.39, 0.29) is 12.1 Å². The number of nitrogens with one attached hydrogen (secondary N) is 2. The lowest BCUT2D eigenvalue weighted by atomic mass is 10.1. The van der Waals surface area contributed by atoms with E-state index in [1.54, 1.807) is 5.32 Å². The fourth-order valence-electron chi connectivity index (χ4n) is 2.18. The van der Waals surface area contributed by atoms with Gasteiger partial charge in [0.1, 0.15) is 6.54 Å². The molecular weight excluding hydrogens is 403 g/mol. The van der Waals surface area contributed by atoms with E-state index in [2.05, 4.69) is 4.72 Å². The van der Waals surface area contributed by atoms with Crippen molar-refractivity contribution in [3.63, 3.8) is 0 Å². The summed E-state index contributed by atoms with van der Waals surface area (Å²) in [5.41, 5.74) is -0.168. The van der Waals surface area contributed by atoms with Gasteiger partial charge in [0, 0.05) is 11.8 Å². The summed E-state index contributed by atoms with van der Waals surface area (Å²) in [4.78, 5) is 21.1. The van der Waals surface area contributed by atoms with Gasteiger partial charge in [0.2, 0.25) is 5.91 Å². The summed E-state index contributed by atoms with van der Waals surface area (Å²) in [6.07, 6.45) is -4.84. The number of carbonyl (C=O) groups is 1. The zero-order valence-corrected chi connectivity index (χ0v) is 14.9. The van der Waals surface area contributed by atoms with E-state index in [4.69, 9.17) is 0 Å². The number of carbonyl (C=O) groups excluding carboxylic acids is 1. The summed E-state index contributed by atoms with van der Waals surface area (Å²) in [5, 5.41) is 12.7. The molecule has 0 saturated carbocycles. The molecule has 2 aromatic carbocycles. The first kappa shape index (κ1) is 21.2. The third-order valence-corrected chi connectivity index (χ3v) is 4.84. The Labute approximate surface area is 157 Å². The van der Waals surface area contributed by atoms with Crippen LogP contribution < -0.4 is 10.0 Å². The van der Waals surface area contributed by atoms with Crippen molar-refractivity contribution in [3.8, 4) is 0 Å². The fraction of sp³-hybridized carbons (Fsp3) is 0.188. The lowest BCUT2D eigenvalue weighted by Crippen LogP contribution is -2.34. The summed E-state index contributed by atoms with van der Waals surface area (Å²) in [6, 6.07) is 10.1. The van der Waals surface area contributed by atoms with Crippen molar-refractivity contribution in [1.29, 1.82) is 0 Å². The third-order valence-electron chi connectivity index (χ3n) is 3.41. The van der Waals surface area contributed by atoms with Crippen LogP contribution in [0.15, 0.2) is 53.4 Å². The van der Waals surface area contributed by atoms with Gasteiger partial charge in [-0.05, 0) is 23.8 Å². The van der Waals surface area contributed by atoms with Crippen LogP contribution in [0, 0.1) is 10.1 Å². The maximum atomic E-state index is 12.4. The molecule has 0 unspecified atom stereocenters. The molecule has 0 aliphatic rings. The van der Waals surface area contributed by atoms with Gasteiger partial charge in [0.25, 0.3) is 15.7 Å². The number of hydrogen-bond acceptors (Lipinski definition) is 5. The van der Waals surface area contributed by atoms with Crippen LogP contribution in [0.5, 0.6) is 0 Å². The number of benzene rings is 2. The summed E-state index contributed by atoms with van der Waals surface area (Å²) >= 11 is 0. The van der Waals surface area contributed by atoms with Gasteiger partial charge in [-0.2, -0.15) is 13.2 Å². The van der Waals surface area contributed by atoms with E-state index in [9.17, 15) is 36.5 Å². The minimum Gasteiger partial charge on any atom is -0.347 e. The average molecular weight is 417 g/mol. The number of hydrogen-bond donors (Lipinski definition) is 2. The molecule has 0 aliphatic carbocycles. The monoisotopic (exact) mass is 417 g/mol. The maximum Gasteiger partial charge on any atom is 0.405 e. The highest BCUT2D eigenvalue weighted by molar-refractivity contribution is 7.92. The van der Waals surface area contributed by atoms with Crippen LogP contribution in [0.4, 0.5) is 24.5 Å². The summed E-state index contributed by atoms with van der Waals surface area (Å²) in [6.45, 7) is -1.44. The van der Waals surface area contributed by atoms with Crippen LogP contribution in [0.2, 0.25) is 0 Å². The summed E-state index contributed by atoms with van der Waals surface area (Å²) in [5.74, 6) is -0.842. The van der Waals surface area contributed by atoms with Gasteiger partial charge in [-0.1, -0.05) is 24.3 Å². The smallest absolute Gasteiger partial charge is 0.347 e. The van der Waals surface area contributed by atoms with Crippen LogP contribution in [0.3, 0.4) is 0 Å². The maximum absolute atomic E-state index is 12.4. The molecule has 0 aromatic heterocycles. The largest absolute Gasteiger partial charge is 0.405 e. The molecular formula is C16H14F3N3O5S. The Morgan fingerprint density at radius 1 is 1.07 bits per heavy atom. The molecule has 1 amide bonds. The van der Waals surface area contributed by atoms with Crippen molar-refractivity contribution in [3.05, 3.63) is 64.2 Å². The zero-order chi connectivity index (χ0) is 20.9. The second kappa shape index (κ2) is 8.25. The Kier molecular flexibility index (Phi) is 6.23. The van der Waals surface area contributed by atoms with E-state index >= 15 is 0 Å². The second-order valence-electron chi connectivity index (χ2n) is 5.60. The first-order valence-corrected chi connectivity index (χ1v) is 9.15. The van der Waals surface area contributed by atoms with E-state index in [0.717, 1.165) is 12.1 Å². The van der Waals surface area contributed by atoms with Gasteiger partial charge in [-0.25, -0.2) is 8.42 Å². The molecule has 0 heterocycles. The SMILES string of the molecule is O=C(Cc1ccc(NS(=O)(=O)c2ccccc2[N+](=O)[O-])cc1)NCC(F)(F)F. The van der Waals surface area contributed by atoms with E-state index < -0.39 is 44.2 Å². The quantitative estimate of drug-likeness (QED) is 0.530. The third kappa shape index (κ3) is 5.94. The number of nitrogens with zero attached hydrogens (tertiary/aromatic N) is 1. The molecule has 28 heavy (non-hydrogen) atoms. The van der Waals surface area contributed by atoms with E-state index in [0.29, 0.717) is 5.56 Å². The minimum atomic E-state index is -4.52. The standard InChI is InChI=1S/C16H14F3N3O5S/c17-16(18,19)10-20-15(23)9-11-5-7-12(8-6-11)21-28(26,27)14-4-2-1-3-13(14)22(24)25/h1-8,21H,9-10H2,(H,20,23). The molecule has 0 radical (unpaired) electrons. The molecule has 0 aliphatic heterocycles.